The van der Waals surface area contributed by atoms with Crippen LogP contribution in [0.2, 0.25) is 5.28 Å². The number of aryl methyl sites for hydroxylation is 1. The number of halogens is 2. The molecule has 0 fully saturated rings. The number of amides is 2. The summed E-state index contributed by atoms with van der Waals surface area (Å²) in [5.74, 6) is -0.577. The first-order chi connectivity index (χ1) is 15.3. The summed E-state index contributed by atoms with van der Waals surface area (Å²) in [4.78, 5) is 38.1. The van der Waals surface area contributed by atoms with Crippen molar-refractivity contribution in [2.75, 3.05) is 4.90 Å². The number of thiazole rings is 1. The Balaban J connectivity index is 1.92. The number of hydrogen-bond acceptors (Lipinski definition) is 8. The lowest BCUT2D eigenvalue weighted by molar-refractivity contribution is 0.0508. The average Bonchev–Trinajstić information content (AvgIpc) is 3.21. The van der Waals surface area contributed by atoms with Gasteiger partial charge in [-0.25, -0.2) is 19.6 Å². The Labute approximate surface area is 202 Å². The van der Waals surface area contributed by atoms with Crippen molar-refractivity contribution >= 4 is 62.5 Å². The van der Waals surface area contributed by atoms with Gasteiger partial charge in [-0.05, 0) is 51.8 Å². The van der Waals surface area contributed by atoms with Crippen LogP contribution in [0.1, 0.15) is 43.1 Å². The zero-order valence-corrected chi connectivity index (χ0v) is 21.0. The molecule has 0 aliphatic carbocycles. The third-order valence-electron chi connectivity index (χ3n) is 4.38. The van der Waals surface area contributed by atoms with Crippen molar-refractivity contribution in [1.29, 1.82) is 0 Å². The van der Waals surface area contributed by atoms with Gasteiger partial charge in [-0.15, -0.1) is 22.7 Å². The molecule has 0 saturated heterocycles. The molecule has 9 nitrogen and oxygen atoms in total. The predicted molar refractivity (Wildman–Crippen MR) is 126 cm³/mol. The molecule has 1 unspecified atom stereocenters. The molecule has 3 heterocycles. The second-order valence-electron chi connectivity index (χ2n) is 8.33. The molecule has 0 spiro atoms. The van der Waals surface area contributed by atoms with Crippen molar-refractivity contribution in [2.24, 2.45) is 0 Å². The minimum Gasteiger partial charge on any atom is -0.465 e. The highest BCUT2D eigenvalue weighted by atomic mass is 35.5. The van der Waals surface area contributed by atoms with Crippen LogP contribution < -0.4 is 10.2 Å². The molecule has 3 rings (SSSR count). The van der Waals surface area contributed by atoms with Crippen LogP contribution in [0.25, 0.3) is 10.2 Å². The summed E-state index contributed by atoms with van der Waals surface area (Å²) < 4.78 is 19.1. The van der Waals surface area contributed by atoms with E-state index in [1.54, 1.807) is 20.8 Å². The maximum Gasteiger partial charge on any atom is 0.413 e. The van der Waals surface area contributed by atoms with E-state index in [4.69, 9.17) is 16.3 Å². The fourth-order valence-electron chi connectivity index (χ4n) is 3.04. The number of carbonyl (C=O) groups excluding carboxylic acids is 1. The molecule has 33 heavy (non-hydrogen) atoms. The minimum atomic E-state index is -1.28. The molecule has 2 N–H and O–H groups in total. The van der Waals surface area contributed by atoms with Crippen LogP contribution in [0.5, 0.6) is 0 Å². The largest absolute Gasteiger partial charge is 0.465 e. The zero-order valence-electron chi connectivity index (χ0n) is 18.6. The molecule has 0 aliphatic rings. The van der Waals surface area contributed by atoms with Crippen molar-refractivity contribution < 1.29 is 23.8 Å². The number of carboxylic acid groups (broad SMARTS) is 1. The summed E-state index contributed by atoms with van der Waals surface area (Å²) in [5.41, 5.74) is 0.717. The second kappa shape index (κ2) is 9.74. The van der Waals surface area contributed by atoms with E-state index in [2.05, 4.69) is 20.3 Å². The fraction of sp³-hybridized carbons (Fsp3) is 0.450. The van der Waals surface area contributed by atoms with Crippen LogP contribution >= 0.6 is 34.3 Å². The number of fused-ring (bicyclic) bond motifs is 1. The highest BCUT2D eigenvalue weighted by Gasteiger charge is 2.26. The highest BCUT2D eigenvalue weighted by molar-refractivity contribution is 7.19. The van der Waals surface area contributed by atoms with Crippen LogP contribution in [-0.4, -0.2) is 43.9 Å². The lowest BCUT2D eigenvalue weighted by Crippen LogP contribution is -2.38. The number of thiophene rings is 1. The Bertz CT molecular complexity index is 1190. The normalized spacial score (nSPS) is 12.6. The lowest BCUT2D eigenvalue weighted by atomic mass is 10.1. The van der Waals surface area contributed by atoms with E-state index in [1.165, 1.54) is 16.7 Å². The van der Waals surface area contributed by atoms with Gasteiger partial charge in [0.15, 0.2) is 5.82 Å². The van der Waals surface area contributed by atoms with Crippen molar-refractivity contribution in [3.63, 3.8) is 0 Å². The van der Waals surface area contributed by atoms with E-state index in [0.29, 0.717) is 16.6 Å². The lowest BCUT2D eigenvalue weighted by Gasteiger charge is -2.21. The molecular weight excluding hydrogens is 493 g/mol. The molecule has 0 bridgehead atoms. The Morgan fingerprint density at radius 1 is 1.33 bits per heavy atom. The van der Waals surface area contributed by atoms with Gasteiger partial charge in [0.2, 0.25) is 11.2 Å². The van der Waals surface area contributed by atoms with E-state index in [9.17, 15) is 19.1 Å². The first-order valence-electron chi connectivity index (χ1n) is 9.89. The first-order valence-corrected chi connectivity index (χ1v) is 12.0. The van der Waals surface area contributed by atoms with E-state index in [1.807, 2.05) is 13.8 Å². The maximum absolute atomic E-state index is 13.3. The monoisotopic (exact) mass is 515 g/mol. The Morgan fingerprint density at radius 2 is 2.03 bits per heavy atom. The summed E-state index contributed by atoms with van der Waals surface area (Å²) in [6.07, 6.45) is -1.34. The molecular formula is C20H23ClFN5O4S2. The number of aromatic nitrogens is 3. The van der Waals surface area contributed by atoms with Crippen molar-refractivity contribution in [3.05, 3.63) is 32.1 Å². The van der Waals surface area contributed by atoms with Gasteiger partial charge in [0, 0.05) is 22.7 Å². The SMILES string of the molecule is Cc1c(CC(C)NC(=O)OC(C)(C)C)sc2c(N(Cc3nc(F)cs3)C(=O)O)nc(Cl)nc12. The number of anilines is 1. The molecule has 2 amide bonds. The van der Waals surface area contributed by atoms with Gasteiger partial charge in [0.05, 0.1) is 16.8 Å². The smallest absolute Gasteiger partial charge is 0.413 e. The van der Waals surface area contributed by atoms with Gasteiger partial charge in [-0.2, -0.15) is 9.37 Å². The molecule has 0 saturated carbocycles. The number of alkyl carbamates (subject to hydrolysis) is 1. The Morgan fingerprint density at radius 3 is 2.61 bits per heavy atom. The Hall–Kier alpha value is -2.57. The van der Waals surface area contributed by atoms with Crippen molar-refractivity contribution in [3.8, 4) is 0 Å². The van der Waals surface area contributed by atoms with Crippen LogP contribution in [0.15, 0.2) is 5.38 Å². The van der Waals surface area contributed by atoms with Gasteiger partial charge < -0.3 is 15.2 Å². The van der Waals surface area contributed by atoms with Gasteiger partial charge in [-0.1, -0.05) is 0 Å². The van der Waals surface area contributed by atoms with Crippen molar-refractivity contribution in [2.45, 2.75) is 59.2 Å². The van der Waals surface area contributed by atoms with Gasteiger partial charge >= 0.3 is 12.2 Å². The Kier molecular flexibility index (Phi) is 7.39. The molecule has 3 aromatic rings. The third-order valence-corrected chi connectivity index (χ3v) is 6.65. The first kappa shape index (κ1) is 25.1. The van der Waals surface area contributed by atoms with Crippen LogP contribution in [-0.2, 0) is 17.7 Å². The van der Waals surface area contributed by atoms with E-state index >= 15 is 0 Å². The summed E-state index contributed by atoms with van der Waals surface area (Å²) in [7, 11) is 0. The van der Waals surface area contributed by atoms with Gasteiger partial charge in [0.1, 0.15) is 10.6 Å². The fourth-order valence-corrected chi connectivity index (χ4v) is 5.20. The summed E-state index contributed by atoms with van der Waals surface area (Å²) in [6.45, 7) is 8.86. The number of carbonyl (C=O) groups is 2. The molecule has 0 radical (unpaired) electrons. The van der Waals surface area contributed by atoms with E-state index in [0.717, 1.165) is 26.7 Å². The standard InChI is InChI=1S/C20H23ClFN5O4S2/c1-9(23-18(28)31-20(3,4)5)6-11-10(2)14-15(33-11)16(26-17(21)25-14)27(19(29)30)7-13-24-12(22)8-32-13/h8-9H,6-7H2,1-5H3,(H,23,28)(H,29,30). The number of hydrogen-bond donors (Lipinski definition) is 2. The predicted octanol–water partition coefficient (Wildman–Crippen LogP) is 5.39. The van der Waals surface area contributed by atoms with Crippen LogP contribution in [0.4, 0.5) is 19.8 Å². The maximum atomic E-state index is 13.3. The summed E-state index contributed by atoms with van der Waals surface area (Å²) in [6, 6.07) is -0.257. The number of nitrogens with one attached hydrogen (secondary N) is 1. The zero-order chi connectivity index (χ0) is 24.5. The quantitative estimate of drug-likeness (QED) is 0.422. The van der Waals surface area contributed by atoms with Crippen LogP contribution in [0, 0.1) is 12.9 Å². The average molecular weight is 516 g/mol. The van der Waals surface area contributed by atoms with Gasteiger partial charge in [0.25, 0.3) is 0 Å². The van der Waals surface area contributed by atoms with Crippen molar-refractivity contribution in [1.82, 2.24) is 20.3 Å². The molecule has 3 aromatic heterocycles. The third kappa shape index (κ3) is 6.27. The highest BCUT2D eigenvalue weighted by Crippen LogP contribution is 2.37. The summed E-state index contributed by atoms with van der Waals surface area (Å²) >= 11 is 8.44. The van der Waals surface area contributed by atoms with Gasteiger partial charge in [-0.3, -0.25) is 4.90 Å². The molecule has 178 valence electrons. The number of nitrogens with zero attached hydrogens (tertiary/aromatic N) is 4. The molecule has 13 heteroatoms. The second-order valence-corrected chi connectivity index (χ2v) is 10.7. The summed E-state index contributed by atoms with van der Waals surface area (Å²) in [5, 5.41) is 14.0. The number of rotatable bonds is 6. The molecule has 1 atom stereocenters. The minimum absolute atomic E-state index is 0.0974. The molecule has 0 aromatic carbocycles. The number of ether oxygens (including phenoxy) is 1. The topological polar surface area (TPSA) is 118 Å². The van der Waals surface area contributed by atoms with E-state index in [-0.39, 0.29) is 28.7 Å². The van der Waals surface area contributed by atoms with Crippen LogP contribution in [0.3, 0.4) is 0 Å². The molecule has 0 aliphatic heterocycles. The van der Waals surface area contributed by atoms with E-state index < -0.39 is 23.7 Å².